The van der Waals surface area contributed by atoms with Crippen LogP contribution in [0.2, 0.25) is 0 Å². The zero-order valence-electron chi connectivity index (χ0n) is 8.74. The molecule has 2 N–H and O–H groups in total. The molecule has 4 heteroatoms. The summed E-state index contributed by atoms with van der Waals surface area (Å²) in [7, 11) is 2.07. The summed E-state index contributed by atoms with van der Waals surface area (Å²) >= 11 is 8.30. The fraction of sp³-hybridized carbons (Fsp3) is 0.364. The van der Waals surface area contributed by atoms with Crippen LogP contribution in [0.25, 0.3) is 0 Å². The number of nitrogens with zero attached hydrogens (tertiary/aromatic N) is 1. The molecule has 0 unspecified atom stereocenters. The Labute approximate surface area is 105 Å². The SMILES string of the molecule is CN(CCC(N)=S)Cc1cccc(Br)c1. The molecule has 0 aliphatic rings. The smallest absolute Gasteiger partial charge is 0.0740 e. The Hall–Kier alpha value is -0.450. The van der Waals surface area contributed by atoms with Crippen molar-refractivity contribution in [3.8, 4) is 0 Å². The fourth-order valence-corrected chi connectivity index (χ4v) is 1.87. The summed E-state index contributed by atoms with van der Waals surface area (Å²) in [5.74, 6) is 0. The Morgan fingerprint density at radius 3 is 2.87 bits per heavy atom. The average Bonchev–Trinajstić information content (AvgIpc) is 2.15. The van der Waals surface area contributed by atoms with Crippen LogP contribution in [0, 0.1) is 0 Å². The van der Waals surface area contributed by atoms with Gasteiger partial charge in [-0.2, -0.15) is 0 Å². The van der Waals surface area contributed by atoms with Crippen LogP contribution in [0.4, 0.5) is 0 Å². The topological polar surface area (TPSA) is 29.3 Å². The summed E-state index contributed by atoms with van der Waals surface area (Å²) in [6, 6.07) is 8.30. The quantitative estimate of drug-likeness (QED) is 0.844. The van der Waals surface area contributed by atoms with Crippen LogP contribution in [0.5, 0.6) is 0 Å². The minimum absolute atomic E-state index is 0.580. The van der Waals surface area contributed by atoms with Crippen LogP contribution in [0.3, 0.4) is 0 Å². The zero-order chi connectivity index (χ0) is 11.3. The third-order valence-electron chi connectivity index (χ3n) is 2.08. The van der Waals surface area contributed by atoms with Crippen molar-refractivity contribution in [3.63, 3.8) is 0 Å². The molecule has 0 spiro atoms. The third kappa shape index (κ3) is 5.25. The monoisotopic (exact) mass is 286 g/mol. The highest BCUT2D eigenvalue weighted by Gasteiger charge is 2.01. The molecule has 0 bridgehead atoms. The molecule has 0 aliphatic heterocycles. The van der Waals surface area contributed by atoms with E-state index in [0.717, 1.165) is 24.0 Å². The Balaban J connectivity index is 2.44. The molecule has 0 radical (unpaired) electrons. The highest BCUT2D eigenvalue weighted by molar-refractivity contribution is 9.10. The molecule has 2 nitrogen and oxygen atoms in total. The molecule has 0 saturated heterocycles. The van der Waals surface area contributed by atoms with Crippen molar-refractivity contribution in [1.29, 1.82) is 0 Å². The van der Waals surface area contributed by atoms with Crippen molar-refractivity contribution in [2.45, 2.75) is 13.0 Å². The first-order chi connectivity index (χ1) is 7.08. The van der Waals surface area contributed by atoms with Gasteiger partial charge in [-0.25, -0.2) is 0 Å². The molecule has 15 heavy (non-hydrogen) atoms. The number of halogens is 1. The van der Waals surface area contributed by atoms with E-state index in [-0.39, 0.29) is 0 Å². The Kier molecular flexibility index (Phi) is 5.22. The van der Waals surface area contributed by atoms with E-state index in [9.17, 15) is 0 Å². The van der Waals surface area contributed by atoms with Crippen LogP contribution in [-0.2, 0) is 6.54 Å². The second-order valence-corrected chi connectivity index (χ2v) is 5.02. The summed E-state index contributed by atoms with van der Waals surface area (Å²) < 4.78 is 1.11. The number of hydrogen-bond acceptors (Lipinski definition) is 2. The molecule has 0 aromatic heterocycles. The lowest BCUT2D eigenvalue weighted by Gasteiger charge is -2.16. The van der Waals surface area contributed by atoms with E-state index in [2.05, 4.69) is 40.0 Å². The number of benzene rings is 1. The zero-order valence-corrected chi connectivity index (χ0v) is 11.1. The van der Waals surface area contributed by atoms with Crippen LogP contribution in [0.15, 0.2) is 28.7 Å². The average molecular weight is 287 g/mol. The summed E-state index contributed by atoms with van der Waals surface area (Å²) in [6.45, 7) is 1.82. The lowest BCUT2D eigenvalue weighted by Crippen LogP contribution is -2.23. The largest absolute Gasteiger partial charge is 0.393 e. The minimum atomic E-state index is 0.580. The molecule has 0 amide bonds. The number of nitrogens with two attached hydrogens (primary N) is 1. The highest BCUT2D eigenvalue weighted by atomic mass is 79.9. The van der Waals surface area contributed by atoms with Gasteiger partial charge in [0.15, 0.2) is 0 Å². The highest BCUT2D eigenvalue weighted by Crippen LogP contribution is 2.12. The first kappa shape index (κ1) is 12.6. The maximum absolute atomic E-state index is 5.46. The molecule has 0 fully saturated rings. The molecular formula is C11H15BrN2S. The van der Waals surface area contributed by atoms with E-state index in [1.165, 1.54) is 5.56 Å². The van der Waals surface area contributed by atoms with Crippen LogP contribution in [0.1, 0.15) is 12.0 Å². The molecule has 0 atom stereocenters. The Morgan fingerprint density at radius 2 is 2.27 bits per heavy atom. The van der Waals surface area contributed by atoms with E-state index >= 15 is 0 Å². The van der Waals surface area contributed by atoms with Crippen molar-refractivity contribution in [2.24, 2.45) is 5.73 Å². The molecule has 0 heterocycles. The third-order valence-corrected chi connectivity index (χ3v) is 2.78. The number of rotatable bonds is 5. The van der Waals surface area contributed by atoms with Gasteiger partial charge in [0.25, 0.3) is 0 Å². The standard InChI is InChI=1S/C11H15BrN2S/c1-14(6-5-11(13)15)8-9-3-2-4-10(12)7-9/h2-4,7H,5-6,8H2,1H3,(H2,13,15). The van der Waals surface area contributed by atoms with Crippen molar-refractivity contribution in [3.05, 3.63) is 34.3 Å². The van der Waals surface area contributed by atoms with Crippen LogP contribution < -0.4 is 5.73 Å². The summed E-state index contributed by atoms with van der Waals surface area (Å²) in [5.41, 5.74) is 6.74. The first-order valence-electron chi connectivity index (χ1n) is 4.79. The van der Waals surface area contributed by atoms with Gasteiger partial charge in [-0.1, -0.05) is 40.3 Å². The maximum Gasteiger partial charge on any atom is 0.0740 e. The normalized spacial score (nSPS) is 10.6. The van der Waals surface area contributed by atoms with E-state index < -0.39 is 0 Å². The fourth-order valence-electron chi connectivity index (χ4n) is 1.33. The lowest BCUT2D eigenvalue weighted by molar-refractivity contribution is 0.337. The van der Waals surface area contributed by atoms with Gasteiger partial charge in [0.05, 0.1) is 4.99 Å². The van der Waals surface area contributed by atoms with Crippen molar-refractivity contribution >= 4 is 33.1 Å². The van der Waals surface area contributed by atoms with E-state index in [1.54, 1.807) is 0 Å². The molecule has 0 aliphatic carbocycles. The second-order valence-electron chi connectivity index (χ2n) is 3.58. The summed E-state index contributed by atoms with van der Waals surface area (Å²) in [5, 5.41) is 0. The number of hydrogen-bond donors (Lipinski definition) is 1. The van der Waals surface area contributed by atoms with Gasteiger partial charge in [-0.05, 0) is 24.7 Å². The van der Waals surface area contributed by atoms with Gasteiger partial charge in [-0.15, -0.1) is 0 Å². The molecule has 1 aromatic rings. The molecular weight excluding hydrogens is 272 g/mol. The lowest BCUT2D eigenvalue weighted by atomic mass is 10.2. The minimum Gasteiger partial charge on any atom is -0.393 e. The Morgan fingerprint density at radius 1 is 1.53 bits per heavy atom. The van der Waals surface area contributed by atoms with Crippen molar-refractivity contribution < 1.29 is 0 Å². The van der Waals surface area contributed by atoms with Crippen LogP contribution >= 0.6 is 28.1 Å². The van der Waals surface area contributed by atoms with E-state index in [1.807, 2.05) is 12.1 Å². The van der Waals surface area contributed by atoms with Crippen molar-refractivity contribution in [1.82, 2.24) is 4.90 Å². The summed E-state index contributed by atoms with van der Waals surface area (Å²) in [4.78, 5) is 2.79. The van der Waals surface area contributed by atoms with Gasteiger partial charge in [0.1, 0.15) is 0 Å². The summed E-state index contributed by atoms with van der Waals surface area (Å²) in [6.07, 6.45) is 0.778. The predicted molar refractivity (Wildman–Crippen MR) is 71.9 cm³/mol. The second kappa shape index (κ2) is 6.20. The molecule has 1 rings (SSSR count). The maximum atomic E-state index is 5.46. The van der Waals surface area contributed by atoms with Gasteiger partial charge in [0, 0.05) is 24.0 Å². The van der Waals surface area contributed by atoms with Crippen LogP contribution in [-0.4, -0.2) is 23.5 Å². The van der Waals surface area contributed by atoms with Crippen molar-refractivity contribution in [2.75, 3.05) is 13.6 Å². The number of thiocarbonyl (C=S) groups is 1. The first-order valence-corrected chi connectivity index (χ1v) is 5.99. The van der Waals surface area contributed by atoms with Gasteiger partial charge in [-0.3, -0.25) is 0 Å². The van der Waals surface area contributed by atoms with E-state index in [0.29, 0.717) is 4.99 Å². The van der Waals surface area contributed by atoms with E-state index in [4.69, 9.17) is 18.0 Å². The predicted octanol–water partition coefficient (Wildman–Crippen LogP) is 2.56. The van der Waals surface area contributed by atoms with Gasteiger partial charge < -0.3 is 10.6 Å². The van der Waals surface area contributed by atoms with Gasteiger partial charge in [0.2, 0.25) is 0 Å². The molecule has 1 aromatic carbocycles. The molecule has 0 saturated carbocycles. The Bertz CT molecular complexity index is 341. The molecule has 82 valence electrons. The van der Waals surface area contributed by atoms with Gasteiger partial charge >= 0.3 is 0 Å².